The molecule has 0 saturated heterocycles. The number of rotatable bonds is 3. The Morgan fingerprint density at radius 2 is 2.00 bits per heavy atom. The number of aromatic carboxylic acids is 1. The number of carboxylic acids is 1. The molecule has 0 saturated carbocycles. The minimum absolute atomic E-state index is 0.00395. The number of anilines is 2. The maximum Gasteiger partial charge on any atom is 0.337 e. The second-order valence-electron chi connectivity index (χ2n) is 3.92. The van der Waals surface area contributed by atoms with Crippen LogP contribution in [0.5, 0.6) is 0 Å². The van der Waals surface area contributed by atoms with Crippen molar-refractivity contribution in [2.75, 3.05) is 5.32 Å². The van der Waals surface area contributed by atoms with Gasteiger partial charge in [0, 0.05) is 6.20 Å². The van der Waals surface area contributed by atoms with E-state index < -0.39 is 17.6 Å². The summed E-state index contributed by atoms with van der Waals surface area (Å²) in [5.41, 5.74) is -0.0163. The Bertz CT molecular complexity index is 627. The number of pyridine rings is 1. The largest absolute Gasteiger partial charge is 0.478 e. The molecule has 6 heteroatoms. The molecule has 0 unspecified atom stereocenters. The van der Waals surface area contributed by atoms with Gasteiger partial charge in [-0.25, -0.2) is 18.6 Å². The first-order valence-corrected chi connectivity index (χ1v) is 5.40. The highest BCUT2D eigenvalue weighted by molar-refractivity contribution is 5.87. The van der Waals surface area contributed by atoms with Crippen LogP contribution in [0.25, 0.3) is 0 Å². The zero-order valence-corrected chi connectivity index (χ0v) is 9.95. The number of nitrogens with one attached hydrogen (secondary N) is 1. The summed E-state index contributed by atoms with van der Waals surface area (Å²) in [7, 11) is 0. The molecular weight excluding hydrogens is 254 g/mol. The molecule has 1 aromatic heterocycles. The van der Waals surface area contributed by atoms with E-state index in [0.717, 1.165) is 12.3 Å². The highest BCUT2D eigenvalue weighted by Crippen LogP contribution is 2.24. The molecule has 0 radical (unpaired) electrons. The van der Waals surface area contributed by atoms with Gasteiger partial charge in [0.1, 0.15) is 17.3 Å². The van der Waals surface area contributed by atoms with E-state index in [9.17, 15) is 13.6 Å². The Morgan fingerprint density at radius 1 is 1.26 bits per heavy atom. The van der Waals surface area contributed by atoms with Gasteiger partial charge in [0.05, 0.1) is 5.56 Å². The molecule has 2 aromatic rings. The van der Waals surface area contributed by atoms with E-state index in [1.165, 1.54) is 25.1 Å². The molecule has 19 heavy (non-hydrogen) atoms. The molecule has 98 valence electrons. The van der Waals surface area contributed by atoms with Crippen LogP contribution in [-0.2, 0) is 0 Å². The predicted octanol–water partition coefficient (Wildman–Crippen LogP) is 3.11. The quantitative estimate of drug-likeness (QED) is 0.894. The molecule has 0 aliphatic carbocycles. The molecule has 0 aliphatic rings. The van der Waals surface area contributed by atoms with Crippen molar-refractivity contribution in [2.24, 2.45) is 0 Å². The number of aryl methyl sites for hydroxylation is 1. The van der Waals surface area contributed by atoms with Gasteiger partial charge in [0.15, 0.2) is 5.82 Å². The lowest BCUT2D eigenvalue weighted by molar-refractivity contribution is 0.0696. The predicted molar refractivity (Wildman–Crippen MR) is 65.6 cm³/mol. The van der Waals surface area contributed by atoms with E-state index in [0.29, 0.717) is 5.56 Å². The van der Waals surface area contributed by atoms with Gasteiger partial charge in [0.25, 0.3) is 0 Å². The zero-order chi connectivity index (χ0) is 14.0. The van der Waals surface area contributed by atoms with Crippen molar-refractivity contribution in [3.05, 3.63) is 53.2 Å². The van der Waals surface area contributed by atoms with Crippen LogP contribution in [-0.4, -0.2) is 16.1 Å². The number of benzene rings is 1. The normalized spacial score (nSPS) is 10.3. The van der Waals surface area contributed by atoms with Crippen LogP contribution in [0.15, 0.2) is 30.5 Å². The van der Waals surface area contributed by atoms with Crippen LogP contribution in [0.2, 0.25) is 0 Å². The average Bonchev–Trinajstić information content (AvgIpc) is 2.40. The SMILES string of the molecule is Cc1ccc(F)c(Nc2ccc(C(=O)O)cn2)c1F. The lowest BCUT2D eigenvalue weighted by atomic mass is 10.2. The summed E-state index contributed by atoms with van der Waals surface area (Å²) in [4.78, 5) is 14.4. The molecule has 1 heterocycles. The van der Waals surface area contributed by atoms with E-state index >= 15 is 0 Å². The summed E-state index contributed by atoms with van der Waals surface area (Å²) in [6.45, 7) is 1.51. The lowest BCUT2D eigenvalue weighted by Crippen LogP contribution is -2.02. The fourth-order valence-corrected chi connectivity index (χ4v) is 1.49. The van der Waals surface area contributed by atoms with E-state index in [2.05, 4.69) is 10.3 Å². The second kappa shape index (κ2) is 5.01. The van der Waals surface area contributed by atoms with Crippen molar-refractivity contribution < 1.29 is 18.7 Å². The summed E-state index contributed by atoms with van der Waals surface area (Å²) >= 11 is 0. The van der Waals surface area contributed by atoms with E-state index in [-0.39, 0.29) is 17.1 Å². The fraction of sp³-hybridized carbons (Fsp3) is 0.0769. The number of aromatic nitrogens is 1. The average molecular weight is 264 g/mol. The maximum absolute atomic E-state index is 13.7. The summed E-state index contributed by atoms with van der Waals surface area (Å²) in [5.74, 6) is -2.41. The van der Waals surface area contributed by atoms with E-state index in [1.807, 2.05) is 0 Å². The number of nitrogens with zero attached hydrogens (tertiary/aromatic N) is 1. The van der Waals surface area contributed by atoms with Gasteiger partial charge < -0.3 is 10.4 Å². The van der Waals surface area contributed by atoms with Gasteiger partial charge in [0.2, 0.25) is 0 Å². The Balaban J connectivity index is 2.31. The molecule has 0 aliphatic heterocycles. The second-order valence-corrected chi connectivity index (χ2v) is 3.92. The van der Waals surface area contributed by atoms with E-state index in [4.69, 9.17) is 5.11 Å². The summed E-state index contributed by atoms with van der Waals surface area (Å²) in [6, 6.07) is 5.11. The van der Waals surface area contributed by atoms with Gasteiger partial charge >= 0.3 is 5.97 Å². The fourth-order valence-electron chi connectivity index (χ4n) is 1.49. The molecular formula is C13H10F2N2O2. The Morgan fingerprint density at radius 3 is 2.58 bits per heavy atom. The molecule has 0 fully saturated rings. The van der Waals surface area contributed by atoms with Gasteiger partial charge in [-0.15, -0.1) is 0 Å². The number of halogens is 2. The van der Waals surface area contributed by atoms with E-state index in [1.54, 1.807) is 0 Å². The standard InChI is InChI=1S/C13H10F2N2O2/c1-7-2-4-9(14)12(11(7)15)17-10-5-3-8(6-16-10)13(18)19/h2-6H,1H3,(H,16,17)(H,18,19). The molecule has 0 amide bonds. The Labute approximate surface area is 107 Å². The van der Waals surface area contributed by atoms with Crippen LogP contribution >= 0.6 is 0 Å². The highest BCUT2D eigenvalue weighted by Gasteiger charge is 2.12. The van der Waals surface area contributed by atoms with Crippen molar-refractivity contribution >= 4 is 17.5 Å². The minimum atomic E-state index is -1.12. The molecule has 4 nitrogen and oxygen atoms in total. The third-order valence-corrected chi connectivity index (χ3v) is 2.55. The summed E-state index contributed by atoms with van der Waals surface area (Å²) < 4.78 is 27.2. The lowest BCUT2D eigenvalue weighted by Gasteiger charge is -2.09. The van der Waals surface area contributed by atoms with Crippen molar-refractivity contribution in [1.29, 1.82) is 0 Å². The molecule has 2 rings (SSSR count). The Kier molecular flexibility index (Phi) is 3.41. The summed E-state index contributed by atoms with van der Waals surface area (Å²) in [5, 5.41) is 11.2. The maximum atomic E-state index is 13.7. The van der Waals surface area contributed by atoms with Gasteiger partial charge in [-0.1, -0.05) is 6.07 Å². The minimum Gasteiger partial charge on any atom is -0.478 e. The van der Waals surface area contributed by atoms with Crippen molar-refractivity contribution in [3.8, 4) is 0 Å². The molecule has 1 aromatic carbocycles. The number of hydrogen-bond donors (Lipinski definition) is 2. The third-order valence-electron chi connectivity index (χ3n) is 2.55. The topological polar surface area (TPSA) is 62.2 Å². The molecule has 0 spiro atoms. The van der Waals surface area contributed by atoms with Gasteiger partial charge in [-0.3, -0.25) is 0 Å². The van der Waals surface area contributed by atoms with Crippen molar-refractivity contribution in [2.45, 2.75) is 6.92 Å². The molecule has 0 atom stereocenters. The first-order chi connectivity index (χ1) is 8.99. The van der Waals surface area contributed by atoms with Crippen LogP contribution in [0, 0.1) is 18.6 Å². The van der Waals surface area contributed by atoms with Crippen LogP contribution in [0.1, 0.15) is 15.9 Å². The zero-order valence-electron chi connectivity index (χ0n) is 9.95. The molecule has 2 N–H and O–H groups in total. The number of hydrogen-bond acceptors (Lipinski definition) is 3. The molecule has 0 bridgehead atoms. The first-order valence-electron chi connectivity index (χ1n) is 5.40. The smallest absolute Gasteiger partial charge is 0.337 e. The first kappa shape index (κ1) is 12.9. The third kappa shape index (κ3) is 2.67. The van der Waals surface area contributed by atoms with Crippen LogP contribution in [0.3, 0.4) is 0 Å². The summed E-state index contributed by atoms with van der Waals surface area (Å²) in [6.07, 6.45) is 1.11. The number of carbonyl (C=O) groups is 1. The van der Waals surface area contributed by atoms with Crippen molar-refractivity contribution in [3.63, 3.8) is 0 Å². The Hall–Kier alpha value is -2.50. The highest BCUT2D eigenvalue weighted by atomic mass is 19.1. The van der Waals surface area contributed by atoms with Crippen molar-refractivity contribution in [1.82, 2.24) is 4.98 Å². The number of carboxylic acid groups (broad SMARTS) is 1. The van der Waals surface area contributed by atoms with Gasteiger partial charge in [-0.2, -0.15) is 0 Å². The monoisotopic (exact) mass is 264 g/mol. The van der Waals surface area contributed by atoms with Gasteiger partial charge in [-0.05, 0) is 30.7 Å². The van der Waals surface area contributed by atoms with Crippen LogP contribution in [0.4, 0.5) is 20.3 Å². The van der Waals surface area contributed by atoms with Crippen LogP contribution < -0.4 is 5.32 Å².